The van der Waals surface area contributed by atoms with Crippen molar-refractivity contribution in [2.45, 2.75) is 25.8 Å². The van der Waals surface area contributed by atoms with E-state index in [9.17, 15) is 9.59 Å². The number of amides is 2. The number of rotatable bonds is 5. The van der Waals surface area contributed by atoms with Gasteiger partial charge in [0.25, 0.3) is 11.8 Å². The highest BCUT2D eigenvalue weighted by Crippen LogP contribution is 2.40. The standard InChI is InChI=1S/C23H26N2O5/c1-28-19-13-18(14-20-21(19)30-12-11-29-20)22(26)24-15-16-5-7-17(8-6-16)23(27)25-9-3-2-4-10-25/h5-8,13-14H,2-4,9-12,15H2,1H3,(H,24,26). The van der Waals surface area contributed by atoms with Crippen LogP contribution in [0.25, 0.3) is 0 Å². The number of ether oxygens (including phenoxy) is 3. The molecule has 0 saturated carbocycles. The van der Waals surface area contributed by atoms with E-state index in [0.717, 1.165) is 31.5 Å². The molecule has 0 aromatic heterocycles. The maximum absolute atomic E-state index is 12.6. The third-order valence-electron chi connectivity index (χ3n) is 5.39. The van der Waals surface area contributed by atoms with Crippen molar-refractivity contribution in [1.82, 2.24) is 10.2 Å². The summed E-state index contributed by atoms with van der Waals surface area (Å²) >= 11 is 0. The summed E-state index contributed by atoms with van der Waals surface area (Å²) < 4.78 is 16.5. The lowest BCUT2D eigenvalue weighted by atomic mass is 10.1. The molecule has 2 aliphatic heterocycles. The summed E-state index contributed by atoms with van der Waals surface area (Å²) in [6.45, 7) is 2.90. The predicted octanol–water partition coefficient (Wildman–Crippen LogP) is 3.02. The van der Waals surface area contributed by atoms with Gasteiger partial charge in [0.1, 0.15) is 13.2 Å². The third-order valence-corrected chi connectivity index (χ3v) is 5.39. The molecule has 30 heavy (non-hydrogen) atoms. The molecular formula is C23H26N2O5. The van der Waals surface area contributed by atoms with Gasteiger partial charge in [-0.15, -0.1) is 0 Å². The second kappa shape index (κ2) is 9.07. The van der Waals surface area contributed by atoms with Crippen molar-refractivity contribution in [1.29, 1.82) is 0 Å². The number of methoxy groups -OCH3 is 1. The van der Waals surface area contributed by atoms with Gasteiger partial charge in [-0.25, -0.2) is 0 Å². The summed E-state index contributed by atoms with van der Waals surface area (Å²) in [7, 11) is 1.53. The normalized spacial score (nSPS) is 15.4. The van der Waals surface area contributed by atoms with E-state index in [1.807, 2.05) is 29.2 Å². The van der Waals surface area contributed by atoms with E-state index in [4.69, 9.17) is 14.2 Å². The quantitative estimate of drug-likeness (QED) is 0.820. The molecular weight excluding hydrogens is 384 g/mol. The number of carbonyl (C=O) groups is 2. The molecule has 7 nitrogen and oxygen atoms in total. The molecule has 2 aliphatic rings. The number of nitrogens with zero attached hydrogens (tertiary/aromatic N) is 1. The molecule has 1 saturated heterocycles. The van der Waals surface area contributed by atoms with E-state index in [2.05, 4.69) is 5.32 Å². The number of likely N-dealkylation sites (tertiary alicyclic amines) is 1. The zero-order chi connectivity index (χ0) is 20.9. The first-order chi connectivity index (χ1) is 14.7. The molecule has 1 fully saturated rings. The second-order valence-corrected chi connectivity index (χ2v) is 7.44. The highest BCUT2D eigenvalue weighted by molar-refractivity contribution is 5.96. The molecule has 0 spiro atoms. The van der Waals surface area contributed by atoms with Crippen LogP contribution in [-0.2, 0) is 6.54 Å². The third kappa shape index (κ3) is 4.35. The van der Waals surface area contributed by atoms with Crippen LogP contribution in [0.3, 0.4) is 0 Å². The Kier molecular flexibility index (Phi) is 6.07. The van der Waals surface area contributed by atoms with Crippen molar-refractivity contribution in [2.24, 2.45) is 0 Å². The van der Waals surface area contributed by atoms with Crippen LogP contribution in [0, 0.1) is 0 Å². The van der Waals surface area contributed by atoms with Crippen molar-refractivity contribution in [3.05, 3.63) is 53.1 Å². The van der Waals surface area contributed by atoms with Crippen molar-refractivity contribution in [2.75, 3.05) is 33.4 Å². The Morgan fingerprint density at radius 2 is 1.73 bits per heavy atom. The average Bonchev–Trinajstić information content (AvgIpc) is 2.82. The van der Waals surface area contributed by atoms with E-state index in [-0.39, 0.29) is 11.8 Å². The second-order valence-electron chi connectivity index (χ2n) is 7.44. The van der Waals surface area contributed by atoms with Crippen molar-refractivity contribution >= 4 is 11.8 Å². The first kappa shape index (κ1) is 20.1. The molecule has 0 aliphatic carbocycles. The molecule has 0 radical (unpaired) electrons. The zero-order valence-corrected chi connectivity index (χ0v) is 17.1. The molecule has 0 unspecified atom stereocenters. The van der Waals surface area contributed by atoms with Crippen LogP contribution in [0.2, 0.25) is 0 Å². The predicted molar refractivity (Wildman–Crippen MR) is 111 cm³/mol. The number of hydrogen-bond donors (Lipinski definition) is 1. The van der Waals surface area contributed by atoms with E-state index in [1.54, 1.807) is 12.1 Å². The van der Waals surface area contributed by atoms with Crippen molar-refractivity contribution in [3.8, 4) is 17.2 Å². The number of hydrogen-bond acceptors (Lipinski definition) is 5. The monoisotopic (exact) mass is 410 g/mol. The van der Waals surface area contributed by atoms with Crippen molar-refractivity contribution < 1.29 is 23.8 Å². The van der Waals surface area contributed by atoms with Crippen LogP contribution in [0.1, 0.15) is 45.5 Å². The summed E-state index contributed by atoms with van der Waals surface area (Å²) in [5, 5.41) is 2.90. The molecule has 4 rings (SSSR count). The van der Waals surface area contributed by atoms with Crippen LogP contribution >= 0.6 is 0 Å². The Bertz CT molecular complexity index is 903. The van der Waals surface area contributed by atoms with Gasteiger partial charge in [0.2, 0.25) is 5.75 Å². The SMILES string of the molecule is COc1cc(C(=O)NCc2ccc(C(=O)N3CCCCC3)cc2)cc2c1OCCO2. The molecule has 0 atom stereocenters. The Labute approximate surface area is 175 Å². The van der Waals surface area contributed by atoms with Gasteiger partial charge in [0.05, 0.1) is 7.11 Å². The number of fused-ring (bicyclic) bond motifs is 1. The van der Waals surface area contributed by atoms with Gasteiger partial charge in [-0.2, -0.15) is 0 Å². The fourth-order valence-electron chi connectivity index (χ4n) is 3.73. The van der Waals surface area contributed by atoms with Crippen LogP contribution < -0.4 is 19.5 Å². The van der Waals surface area contributed by atoms with E-state index < -0.39 is 0 Å². The number of benzene rings is 2. The fraction of sp³-hybridized carbons (Fsp3) is 0.391. The summed E-state index contributed by atoms with van der Waals surface area (Å²) in [4.78, 5) is 27.1. The highest BCUT2D eigenvalue weighted by Gasteiger charge is 2.21. The van der Waals surface area contributed by atoms with Gasteiger partial charge in [0, 0.05) is 30.8 Å². The van der Waals surface area contributed by atoms with Gasteiger partial charge in [-0.05, 0) is 49.1 Å². The first-order valence-corrected chi connectivity index (χ1v) is 10.3. The van der Waals surface area contributed by atoms with E-state index in [1.165, 1.54) is 13.5 Å². The van der Waals surface area contributed by atoms with Gasteiger partial charge in [-0.1, -0.05) is 12.1 Å². The molecule has 0 bridgehead atoms. The molecule has 7 heteroatoms. The summed E-state index contributed by atoms with van der Waals surface area (Å²) in [5.41, 5.74) is 2.04. The maximum atomic E-state index is 12.6. The number of piperidine rings is 1. The first-order valence-electron chi connectivity index (χ1n) is 10.3. The molecule has 2 heterocycles. The Morgan fingerprint density at radius 1 is 1.00 bits per heavy atom. The van der Waals surface area contributed by atoms with Crippen molar-refractivity contribution in [3.63, 3.8) is 0 Å². The lowest BCUT2D eigenvalue weighted by Crippen LogP contribution is -2.35. The Morgan fingerprint density at radius 3 is 2.47 bits per heavy atom. The average molecular weight is 410 g/mol. The summed E-state index contributed by atoms with van der Waals surface area (Å²) in [6.07, 6.45) is 3.33. The van der Waals surface area contributed by atoms with Crippen LogP contribution in [-0.4, -0.2) is 50.1 Å². The maximum Gasteiger partial charge on any atom is 0.253 e. The molecule has 1 N–H and O–H groups in total. The molecule has 2 aromatic rings. The minimum atomic E-state index is -0.237. The zero-order valence-electron chi connectivity index (χ0n) is 17.1. The topological polar surface area (TPSA) is 77.1 Å². The largest absolute Gasteiger partial charge is 0.493 e. The van der Waals surface area contributed by atoms with E-state index in [0.29, 0.717) is 48.1 Å². The number of nitrogens with one attached hydrogen (secondary N) is 1. The van der Waals surface area contributed by atoms with Crippen LogP contribution in [0.5, 0.6) is 17.2 Å². The summed E-state index contributed by atoms with van der Waals surface area (Å²) in [5.74, 6) is 1.34. The highest BCUT2D eigenvalue weighted by atomic mass is 16.6. The van der Waals surface area contributed by atoms with Gasteiger partial charge >= 0.3 is 0 Å². The molecule has 2 aromatic carbocycles. The lowest BCUT2D eigenvalue weighted by molar-refractivity contribution is 0.0724. The van der Waals surface area contributed by atoms with Gasteiger partial charge < -0.3 is 24.4 Å². The van der Waals surface area contributed by atoms with Gasteiger partial charge in [0.15, 0.2) is 11.5 Å². The van der Waals surface area contributed by atoms with E-state index >= 15 is 0 Å². The Hall–Kier alpha value is -3.22. The molecule has 2 amide bonds. The smallest absolute Gasteiger partial charge is 0.253 e. The fourth-order valence-corrected chi connectivity index (χ4v) is 3.73. The molecule has 158 valence electrons. The van der Waals surface area contributed by atoms with Crippen LogP contribution in [0.4, 0.5) is 0 Å². The van der Waals surface area contributed by atoms with Gasteiger partial charge in [-0.3, -0.25) is 9.59 Å². The minimum absolute atomic E-state index is 0.0775. The number of carbonyl (C=O) groups excluding carboxylic acids is 2. The Balaban J connectivity index is 1.38. The van der Waals surface area contributed by atoms with Crippen LogP contribution in [0.15, 0.2) is 36.4 Å². The minimum Gasteiger partial charge on any atom is -0.493 e. The lowest BCUT2D eigenvalue weighted by Gasteiger charge is -2.26. The summed E-state index contributed by atoms with van der Waals surface area (Å²) in [6, 6.07) is 10.7.